The summed E-state index contributed by atoms with van der Waals surface area (Å²) in [6.07, 6.45) is -2.75. The summed E-state index contributed by atoms with van der Waals surface area (Å²) < 4.78 is 53.6. The van der Waals surface area contributed by atoms with Gasteiger partial charge in [-0.15, -0.1) is 0 Å². The minimum Gasteiger partial charge on any atom is -0.467 e. The molecule has 3 nitrogen and oxygen atoms in total. The molecular formula is C9H9F4NO2. The van der Waals surface area contributed by atoms with Gasteiger partial charge in [0.05, 0.1) is 12.3 Å². The Morgan fingerprint density at radius 1 is 1.50 bits per heavy atom. The van der Waals surface area contributed by atoms with Gasteiger partial charge in [-0.25, -0.2) is 8.78 Å². The topological polar surface area (TPSA) is 42.2 Å². The zero-order chi connectivity index (χ0) is 12.3. The number of carbonyl (C=O) groups is 1. The zero-order valence-electron chi connectivity index (χ0n) is 8.22. The highest BCUT2D eigenvalue weighted by Crippen LogP contribution is 2.24. The van der Waals surface area contributed by atoms with Crippen molar-refractivity contribution in [2.45, 2.75) is 25.3 Å². The Morgan fingerprint density at radius 3 is 2.56 bits per heavy atom. The van der Waals surface area contributed by atoms with Gasteiger partial charge in [0.1, 0.15) is 5.76 Å². The summed E-state index contributed by atoms with van der Waals surface area (Å²) in [5, 5.41) is 1.74. The number of rotatable bonds is 4. The Balaban J connectivity index is 2.65. The highest BCUT2D eigenvalue weighted by Gasteiger charge is 2.49. The Kier molecular flexibility index (Phi) is 3.56. The molecule has 0 radical (unpaired) electrons. The largest absolute Gasteiger partial charge is 0.467 e. The average Bonchev–Trinajstić information content (AvgIpc) is 2.69. The van der Waals surface area contributed by atoms with E-state index in [2.05, 4.69) is 0 Å². The van der Waals surface area contributed by atoms with Gasteiger partial charge < -0.3 is 9.73 Å². The fourth-order valence-electron chi connectivity index (χ4n) is 1.00. The third-order valence-electron chi connectivity index (χ3n) is 1.89. The maximum absolute atomic E-state index is 12.5. The second kappa shape index (κ2) is 4.54. The van der Waals surface area contributed by atoms with Crippen LogP contribution in [0.3, 0.4) is 0 Å². The lowest BCUT2D eigenvalue weighted by Crippen LogP contribution is -2.45. The maximum atomic E-state index is 12.5. The molecule has 1 aromatic rings. The molecule has 16 heavy (non-hydrogen) atoms. The number of nitrogens with one attached hydrogen (secondary N) is 1. The van der Waals surface area contributed by atoms with E-state index in [1.807, 2.05) is 0 Å². The molecule has 90 valence electrons. The first-order valence-corrected chi connectivity index (χ1v) is 4.36. The van der Waals surface area contributed by atoms with Crippen molar-refractivity contribution in [1.82, 2.24) is 5.32 Å². The first-order chi connectivity index (χ1) is 7.35. The summed E-state index contributed by atoms with van der Waals surface area (Å²) in [6, 6.07) is 2.03. The van der Waals surface area contributed by atoms with Gasteiger partial charge in [-0.05, 0) is 19.1 Å². The van der Waals surface area contributed by atoms with Crippen LogP contribution in [0.4, 0.5) is 17.6 Å². The lowest BCUT2D eigenvalue weighted by molar-refractivity contribution is -0.170. The number of furan rings is 1. The minimum atomic E-state index is -4.69. The summed E-state index contributed by atoms with van der Waals surface area (Å²) in [5.41, 5.74) is 0. The van der Waals surface area contributed by atoms with Gasteiger partial charge in [0.15, 0.2) is 0 Å². The molecule has 0 fully saturated rings. The van der Waals surface area contributed by atoms with Crippen LogP contribution in [0.15, 0.2) is 22.8 Å². The van der Waals surface area contributed by atoms with Crippen molar-refractivity contribution in [3.63, 3.8) is 0 Å². The van der Waals surface area contributed by atoms with Crippen LogP contribution in [0, 0.1) is 0 Å². The van der Waals surface area contributed by atoms with E-state index in [0.717, 1.165) is 0 Å². The van der Waals surface area contributed by atoms with E-state index in [-0.39, 0.29) is 5.76 Å². The predicted octanol–water partition coefficient (Wildman–Crippen LogP) is 2.36. The van der Waals surface area contributed by atoms with E-state index < -0.39 is 24.3 Å². The third-order valence-corrected chi connectivity index (χ3v) is 1.89. The van der Waals surface area contributed by atoms with Crippen LogP contribution >= 0.6 is 0 Å². The fourth-order valence-corrected chi connectivity index (χ4v) is 1.00. The Hall–Kier alpha value is -1.53. The first kappa shape index (κ1) is 12.5. The highest BCUT2D eigenvalue weighted by atomic mass is 19.3. The molecule has 0 unspecified atom stereocenters. The molecule has 0 aliphatic heterocycles. The van der Waals surface area contributed by atoms with Crippen LogP contribution in [-0.2, 0) is 4.79 Å². The van der Waals surface area contributed by atoms with Crippen molar-refractivity contribution in [2.24, 2.45) is 0 Å². The van der Waals surface area contributed by atoms with Crippen molar-refractivity contribution in [3.05, 3.63) is 24.2 Å². The van der Waals surface area contributed by atoms with Gasteiger partial charge in [0.25, 0.3) is 5.91 Å². The number of alkyl halides is 4. The third kappa shape index (κ3) is 2.53. The number of halogens is 4. The lowest BCUT2D eigenvalue weighted by Gasteiger charge is -2.17. The SMILES string of the molecule is C[C@@H](NC(=O)C(F)(F)C(F)F)c1ccco1. The molecule has 0 aliphatic rings. The van der Waals surface area contributed by atoms with Crippen LogP contribution in [0.1, 0.15) is 18.7 Å². The van der Waals surface area contributed by atoms with Gasteiger partial charge in [-0.2, -0.15) is 8.78 Å². The van der Waals surface area contributed by atoms with Gasteiger partial charge in [0.2, 0.25) is 0 Å². The summed E-state index contributed by atoms with van der Waals surface area (Å²) in [6.45, 7) is 1.35. The summed E-state index contributed by atoms with van der Waals surface area (Å²) in [5.74, 6) is -6.51. The fraction of sp³-hybridized carbons (Fsp3) is 0.444. The van der Waals surface area contributed by atoms with Crippen molar-refractivity contribution >= 4 is 5.91 Å². The molecule has 1 atom stereocenters. The maximum Gasteiger partial charge on any atom is 0.383 e. The van der Waals surface area contributed by atoms with Crippen molar-refractivity contribution in [1.29, 1.82) is 0 Å². The molecule has 1 aromatic heterocycles. The monoisotopic (exact) mass is 239 g/mol. The smallest absolute Gasteiger partial charge is 0.383 e. The molecular weight excluding hydrogens is 230 g/mol. The van der Waals surface area contributed by atoms with Crippen LogP contribution in [0.25, 0.3) is 0 Å². The Bertz CT molecular complexity index is 350. The van der Waals surface area contributed by atoms with Crippen molar-refractivity contribution in [3.8, 4) is 0 Å². The molecule has 0 spiro atoms. The van der Waals surface area contributed by atoms with E-state index >= 15 is 0 Å². The quantitative estimate of drug-likeness (QED) is 0.819. The summed E-state index contributed by atoms with van der Waals surface area (Å²) >= 11 is 0. The van der Waals surface area contributed by atoms with Crippen LogP contribution in [0.2, 0.25) is 0 Å². The molecule has 0 bridgehead atoms. The predicted molar refractivity (Wildman–Crippen MR) is 46.2 cm³/mol. The summed E-state index contributed by atoms with van der Waals surface area (Å²) in [7, 11) is 0. The number of hydrogen-bond donors (Lipinski definition) is 1. The highest BCUT2D eigenvalue weighted by molar-refractivity contribution is 5.84. The van der Waals surface area contributed by atoms with Gasteiger partial charge in [0, 0.05) is 0 Å². The van der Waals surface area contributed by atoms with Crippen LogP contribution in [0.5, 0.6) is 0 Å². The minimum absolute atomic E-state index is 0.207. The second-order valence-corrected chi connectivity index (χ2v) is 3.13. The number of carbonyl (C=O) groups excluding carboxylic acids is 1. The molecule has 0 aromatic carbocycles. The molecule has 0 saturated heterocycles. The zero-order valence-corrected chi connectivity index (χ0v) is 8.22. The Morgan fingerprint density at radius 2 is 2.12 bits per heavy atom. The van der Waals surface area contributed by atoms with E-state index in [4.69, 9.17) is 4.42 Å². The average molecular weight is 239 g/mol. The van der Waals surface area contributed by atoms with E-state index in [9.17, 15) is 22.4 Å². The normalized spacial score (nSPS) is 13.9. The van der Waals surface area contributed by atoms with Crippen molar-refractivity contribution < 1.29 is 26.8 Å². The van der Waals surface area contributed by atoms with Gasteiger partial charge in [-0.3, -0.25) is 4.79 Å². The molecule has 1 heterocycles. The lowest BCUT2D eigenvalue weighted by atomic mass is 10.2. The van der Waals surface area contributed by atoms with E-state index in [0.29, 0.717) is 0 Å². The van der Waals surface area contributed by atoms with Crippen LogP contribution < -0.4 is 5.32 Å². The number of hydrogen-bond acceptors (Lipinski definition) is 2. The molecule has 0 aliphatic carbocycles. The van der Waals surface area contributed by atoms with Crippen molar-refractivity contribution in [2.75, 3.05) is 0 Å². The van der Waals surface area contributed by atoms with Gasteiger partial charge in [-0.1, -0.05) is 0 Å². The molecule has 7 heteroatoms. The van der Waals surface area contributed by atoms with Gasteiger partial charge >= 0.3 is 12.3 Å². The Labute approximate surface area is 88.4 Å². The summed E-state index contributed by atoms with van der Waals surface area (Å²) in [4.78, 5) is 10.8. The first-order valence-electron chi connectivity index (χ1n) is 4.36. The van der Waals surface area contributed by atoms with E-state index in [1.165, 1.54) is 25.3 Å². The molecule has 1 amide bonds. The second-order valence-electron chi connectivity index (χ2n) is 3.13. The molecule has 0 saturated carbocycles. The molecule has 1 rings (SSSR count). The standard InChI is InChI=1S/C9H9F4NO2/c1-5(6-3-2-4-16-6)14-8(15)9(12,13)7(10)11/h2-5,7H,1H3,(H,14,15)/t5-/m1/s1. The number of amides is 1. The van der Waals surface area contributed by atoms with E-state index in [1.54, 1.807) is 5.32 Å². The molecule has 1 N–H and O–H groups in total. The van der Waals surface area contributed by atoms with Crippen LogP contribution in [-0.4, -0.2) is 18.3 Å².